The maximum atomic E-state index is 11.0. The monoisotopic (exact) mass is 200 g/mol. The summed E-state index contributed by atoms with van der Waals surface area (Å²) in [4.78, 5) is 12.6. The Kier molecular flexibility index (Phi) is 3.37. The Bertz CT molecular complexity index is 205. The second-order valence-electron chi connectivity index (χ2n) is 4.92. The summed E-state index contributed by atoms with van der Waals surface area (Å²) in [5, 5.41) is 12.3. The van der Waals surface area contributed by atoms with Crippen molar-refractivity contribution in [3.8, 4) is 0 Å². The molecule has 1 aliphatic heterocycles. The van der Waals surface area contributed by atoms with Crippen LogP contribution in [0.4, 0.5) is 4.79 Å². The van der Waals surface area contributed by atoms with Crippen molar-refractivity contribution in [1.29, 1.82) is 0 Å². The summed E-state index contributed by atoms with van der Waals surface area (Å²) in [6.07, 6.45) is 0.268. The van der Waals surface area contributed by atoms with E-state index < -0.39 is 6.09 Å². The number of hydrogen-bond donors (Lipinski definition) is 2. The molecule has 1 atom stereocenters. The van der Waals surface area contributed by atoms with E-state index in [0.29, 0.717) is 12.5 Å². The van der Waals surface area contributed by atoms with E-state index in [1.807, 2.05) is 20.8 Å². The maximum absolute atomic E-state index is 11.0. The van der Waals surface area contributed by atoms with Gasteiger partial charge in [0.25, 0.3) is 0 Å². The third-order valence-electron chi connectivity index (χ3n) is 2.64. The van der Waals surface area contributed by atoms with E-state index >= 15 is 0 Å². The second-order valence-corrected chi connectivity index (χ2v) is 4.92. The fraction of sp³-hybridized carbons (Fsp3) is 0.900. The standard InChI is InChI=1S/C10H20N2O2/c1-10(2,3)12(9(13)14)7-8-4-5-11-6-8/h8,11H,4-7H2,1-3H3,(H,13,14)/t8-/m1/s1. The molecule has 0 bridgehead atoms. The quantitative estimate of drug-likeness (QED) is 0.708. The normalized spacial score (nSPS) is 22.4. The molecule has 1 aliphatic rings. The number of rotatable bonds is 2. The minimum atomic E-state index is -0.815. The van der Waals surface area contributed by atoms with Crippen LogP contribution in [0, 0.1) is 5.92 Å². The lowest BCUT2D eigenvalue weighted by Gasteiger charge is -2.34. The van der Waals surface area contributed by atoms with E-state index in [2.05, 4.69) is 5.32 Å². The van der Waals surface area contributed by atoms with E-state index in [1.54, 1.807) is 0 Å². The zero-order chi connectivity index (χ0) is 10.8. The SMILES string of the molecule is CC(C)(C)N(C[C@@H]1CCNC1)C(=O)O. The number of nitrogens with zero attached hydrogens (tertiary/aromatic N) is 1. The Balaban J connectivity index is 2.55. The first-order valence-corrected chi connectivity index (χ1v) is 5.12. The van der Waals surface area contributed by atoms with Gasteiger partial charge in [0, 0.05) is 12.1 Å². The van der Waals surface area contributed by atoms with Crippen LogP contribution in [-0.2, 0) is 0 Å². The molecule has 0 aromatic rings. The van der Waals surface area contributed by atoms with Crippen LogP contribution >= 0.6 is 0 Å². The zero-order valence-electron chi connectivity index (χ0n) is 9.21. The highest BCUT2D eigenvalue weighted by atomic mass is 16.4. The number of nitrogens with one attached hydrogen (secondary N) is 1. The highest BCUT2D eigenvalue weighted by Crippen LogP contribution is 2.18. The summed E-state index contributed by atoms with van der Waals surface area (Å²) < 4.78 is 0. The van der Waals surface area contributed by atoms with Crippen molar-refractivity contribution in [1.82, 2.24) is 10.2 Å². The van der Waals surface area contributed by atoms with Gasteiger partial charge in [-0.1, -0.05) is 0 Å². The molecular weight excluding hydrogens is 180 g/mol. The molecule has 1 saturated heterocycles. The molecule has 14 heavy (non-hydrogen) atoms. The van der Waals surface area contributed by atoms with Gasteiger partial charge in [0.1, 0.15) is 0 Å². The van der Waals surface area contributed by atoms with Crippen LogP contribution in [0.5, 0.6) is 0 Å². The molecule has 1 amide bonds. The third-order valence-corrected chi connectivity index (χ3v) is 2.64. The lowest BCUT2D eigenvalue weighted by molar-refractivity contribution is 0.0907. The van der Waals surface area contributed by atoms with Crippen molar-refractivity contribution in [2.45, 2.75) is 32.7 Å². The Labute approximate surface area is 85.3 Å². The molecule has 1 rings (SSSR count). The average molecular weight is 200 g/mol. The predicted octanol–water partition coefficient (Wildman–Crippen LogP) is 1.37. The number of hydrogen-bond acceptors (Lipinski definition) is 2. The van der Waals surface area contributed by atoms with Crippen LogP contribution < -0.4 is 5.32 Å². The number of amides is 1. The summed E-state index contributed by atoms with van der Waals surface area (Å²) >= 11 is 0. The molecule has 2 N–H and O–H groups in total. The van der Waals surface area contributed by atoms with Crippen molar-refractivity contribution in [3.05, 3.63) is 0 Å². The minimum absolute atomic E-state index is 0.297. The molecule has 0 aromatic carbocycles. The van der Waals surface area contributed by atoms with E-state index in [4.69, 9.17) is 5.11 Å². The highest BCUT2D eigenvalue weighted by molar-refractivity contribution is 5.66. The van der Waals surface area contributed by atoms with Gasteiger partial charge in [0.2, 0.25) is 0 Å². The predicted molar refractivity (Wildman–Crippen MR) is 55.5 cm³/mol. The Hall–Kier alpha value is -0.770. The summed E-state index contributed by atoms with van der Waals surface area (Å²) in [5.74, 6) is 0.477. The first-order chi connectivity index (χ1) is 6.41. The molecule has 4 heteroatoms. The van der Waals surface area contributed by atoms with E-state index in [0.717, 1.165) is 19.5 Å². The number of carboxylic acid groups (broad SMARTS) is 1. The van der Waals surface area contributed by atoms with Gasteiger partial charge in [-0.2, -0.15) is 0 Å². The molecule has 1 heterocycles. The Morgan fingerprint density at radius 1 is 1.57 bits per heavy atom. The molecular formula is C10H20N2O2. The van der Waals surface area contributed by atoms with Crippen LogP contribution in [0.15, 0.2) is 0 Å². The molecule has 4 nitrogen and oxygen atoms in total. The highest BCUT2D eigenvalue weighted by Gasteiger charge is 2.29. The topological polar surface area (TPSA) is 52.6 Å². The summed E-state index contributed by atoms with van der Waals surface area (Å²) in [7, 11) is 0. The summed E-state index contributed by atoms with van der Waals surface area (Å²) in [6.45, 7) is 8.41. The van der Waals surface area contributed by atoms with Crippen molar-refractivity contribution in [3.63, 3.8) is 0 Å². The van der Waals surface area contributed by atoms with Gasteiger partial charge in [0.05, 0.1) is 0 Å². The smallest absolute Gasteiger partial charge is 0.407 e. The summed E-state index contributed by atoms with van der Waals surface area (Å²) in [6, 6.07) is 0. The van der Waals surface area contributed by atoms with E-state index in [-0.39, 0.29) is 5.54 Å². The van der Waals surface area contributed by atoms with Gasteiger partial charge < -0.3 is 15.3 Å². The zero-order valence-corrected chi connectivity index (χ0v) is 9.21. The largest absolute Gasteiger partial charge is 0.465 e. The molecule has 1 fully saturated rings. The third kappa shape index (κ3) is 2.87. The van der Waals surface area contributed by atoms with E-state index in [9.17, 15) is 4.79 Å². The van der Waals surface area contributed by atoms with Crippen molar-refractivity contribution >= 4 is 6.09 Å². The summed E-state index contributed by atoms with van der Waals surface area (Å²) in [5.41, 5.74) is -0.297. The lowest BCUT2D eigenvalue weighted by atomic mass is 10.0. The van der Waals surface area contributed by atoms with Gasteiger partial charge in [0.15, 0.2) is 0 Å². The van der Waals surface area contributed by atoms with Crippen LogP contribution in [0.3, 0.4) is 0 Å². The average Bonchev–Trinajstić information content (AvgIpc) is 2.48. The van der Waals surface area contributed by atoms with E-state index in [1.165, 1.54) is 4.90 Å². The molecule has 0 aliphatic carbocycles. The molecule has 0 aromatic heterocycles. The van der Waals surface area contributed by atoms with Crippen LogP contribution in [0.2, 0.25) is 0 Å². The fourth-order valence-corrected chi connectivity index (χ4v) is 1.77. The van der Waals surface area contributed by atoms with Crippen molar-refractivity contribution < 1.29 is 9.90 Å². The van der Waals surface area contributed by atoms with Gasteiger partial charge in [-0.15, -0.1) is 0 Å². The number of carbonyl (C=O) groups is 1. The molecule has 0 radical (unpaired) electrons. The molecule has 0 saturated carbocycles. The Morgan fingerprint density at radius 2 is 2.21 bits per heavy atom. The minimum Gasteiger partial charge on any atom is -0.465 e. The van der Waals surface area contributed by atoms with Gasteiger partial charge >= 0.3 is 6.09 Å². The molecule has 0 spiro atoms. The van der Waals surface area contributed by atoms with Crippen molar-refractivity contribution in [2.24, 2.45) is 5.92 Å². The second kappa shape index (κ2) is 4.17. The van der Waals surface area contributed by atoms with Gasteiger partial charge in [-0.25, -0.2) is 4.79 Å². The van der Waals surface area contributed by atoms with Crippen LogP contribution in [0.25, 0.3) is 0 Å². The van der Waals surface area contributed by atoms with Gasteiger partial charge in [-0.3, -0.25) is 0 Å². The van der Waals surface area contributed by atoms with Crippen molar-refractivity contribution in [2.75, 3.05) is 19.6 Å². The maximum Gasteiger partial charge on any atom is 0.407 e. The Morgan fingerprint density at radius 3 is 2.57 bits per heavy atom. The molecule has 0 unspecified atom stereocenters. The van der Waals surface area contributed by atoms with Gasteiger partial charge in [-0.05, 0) is 46.2 Å². The van der Waals surface area contributed by atoms with Crippen LogP contribution in [0.1, 0.15) is 27.2 Å². The first kappa shape index (κ1) is 11.3. The lowest BCUT2D eigenvalue weighted by Crippen LogP contribution is -2.47. The molecule has 82 valence electrons. The first-order valence-electron chi connectivity index (χ1n) is 5.12. The van der Waals surface area contributed by atoms with Crippen LogP contribution in [-0.4, -0.2) is 41.3 Å². The fourth-order valence-electron chi connectivity index (χ4n) is 1.77.